The molecule has 6 heteroatoms. The van der Waals surface area contributed by atoms with Crippen molar-refractivity contribution in [2.45, 2.75) is 6.54 Å². The Labute approximate surface area is 131 Å². The number of aromatic nitrogens is 1. The van der Waals surface area contributed by atoms with Gasteiger partial charge in [-0.25, -0.2) is 0 Å². The lowest BCUT2D eigenvalue weighted by molar-refractivity contribution is 0.752. The van der Waals surface area contributed by atoms with E-state index >= 15 is 0 Å². The van der Waals surface area contributed by atoms with Gasteiger partial charge in [0, 0.05) is 26.3 Å². The normalized spacial score (nSPS) is 10.7. The standard InChI is InChI=1S/C12H7Br2Cl2NO/c13-7-4-9(14)12(18)17(5-7)6-8-10(15)2-1-3-11(8)16/h1-5H,6H2. The lowest BCUT2D eigenvalue weighted by atomic mass is 10.2. The van der Waals surface area contributed by atoms with Gasteiger partial charge in [-0.15, -0.1) is 0 Å². The Kier molecular flexibility index (Phi) is 4.54. The van der Waals surface area contributed by atoms with Crippen LogP contribution in [0.3, 0.4) is 0 Å². The van der Waals surface area contributed by atoms with E-state index in [1.54, 1.807) is 35.0 Å². The molecule has 0 amide bonds. The van der Waals surface area contributed by atoms with E-state index in [0.717, 1.165) is 10.0 Å². The zero-order valence-electron chi connectivity index (χ0n) is 8.96. The largest absolute Gasteiger partial charge is 0.309 e. The van der Waals surface area contributed by atoms with Crippen LogP contribution in [0.15, 0.2) is 44.2 Å². The molecule has 2 aromatic rings. The van der Waals surface area contributed by atoms with Gasteiger partial charge in [-0.1, -0.05) is 29.3 Å². The van der Waals surface area contributed by atoms with Crippen LogP contribution < -0.4 is 5.56 Å². The minimum atomic E-state index is -0.130. The van der Waals surface area contributed by atoms with E-state index in [1.807, 2.05) is 0 Å². The van der Waals surface area contributed by atoms with Crippen LogP contribution in [0.2, 0.25) is 10.0 Å². The van der Waals surface area contributed by atoms with Crippen molar-refractivity contribution in [2.24, 2.45) is 0 Å². The predicted molar refractivity (Wildman–Crippen MR) is 81.7 cm³/mol. The summed E-state index contributed by atoms with van der Waals surface area (Å²) in [6.45, 7) is 0.329. The van der Waals surface area contributed by atoms with Crippen LogP contribution in [0.4, 0.5) is 0 Å². The second-order valence-electron chi connectivity index (χ2n) is 3.64. The smallest absolute Gasteiger partial charge is 0.265 e. The summed E-state index contributed by atoms with van der Waals surface area (Å²) in [6.07, 6.45) is 1.70. The van der Waals surface area contributed by atoms with E-state index in [4.69, 9.17) is 23.2 Å². The monoisotopic (exact) mass is 409 g/mol. The molecule has 0 aliphatic carbocycles. The number of hydrogen-bond acceptors (Lipinski definition) is 1. The Morgan fingerprint density at radius 3 is 2.39 bits per heavy atom. The predicted octanol–water partition coefficient (Wildman–Crippen LogP) is 4.73. The van der Waals surface area contributed by atoms with Crippen LogP contribution >= 0.6 is 55.1 Å². The molecule has 0 radical (unpaired) electrons. The molecule has 0 spiro atoms. The van der Waals surface area contributed by atoms with Gasteiger partial charge < -0.3 is 4.57 Å². The van der Waals surface area contributed by atoms with Gasteiger partial charge in [-0.2, -0.15) is 0 Å². The summed E-state index contributed by atoms with van der Waals surface area (Å²) < 4.78 is 2.83. The molecule has 1 heterocycles. The van der Waals surface area contributed by atoms with Gasteiger partial charge in [0.2, 0.25) is 0 Å². The minimum absolute atomic E-state index is 0.130. The molecule has 1 aromatic heterocycles. The summed E-state index contributed by atoms with van der Waals surface area (Å²) >= 11 is 18.7. The van der Waals surface area contributed by atoms with Crippen LogP contribution in [0.5, 0.6) is 0 Å². The fourth-order valence-corrected chi connectivity index (χ4v) is 3.31. The van der Waals surface area contributed by atoms with E-state index in [9.17, 15) is 4.79 Å². The zero-order valence-corrected chi connectivity index (χ0v) is 13.6. The van der Waals surface area contributed by atoms with E-state index in [-0.39, 0.29) is 5.56 Å². The van der Waals surface area contributed by atoms with Crippen molar-refractivity contribution >= 4 is 55.1 Å². The van der Waals surface area contributed by atoms with Crippen LogP contribution in [-0.2, 0) is 6.54 Å². The molecule has 2 rings (SSSR count). The maximum Gasteiger partial charge on any atom is 0.265 e. The third-order valence-corrected chi connectivity index (χ3v) is 4.11. The number of rotatable bonds is 2. The second kappa shape index (κ2) is 5.78. The van der Waals surface area contributed by atoms with Crippen LogP contribution in [0.1, 0.15) is 5.56 Å². The minimum Gasteiger partial charge on any atom is -0.309 e. The van der Waals surface area contributed by atoms with Gasteiger partial charge >= 0.3 is 0 Å². The maximum atomic E-state index is 12.0. The van der Waals surface area contributed by atoms with Crippen molar-refractivity contribution in [3.8, 4) is 0 Å². The molecule has 18 heavy (non-hydrogen) atoms. The molecule has 0 aliphatic rings. The number of pyridine rings is 1. The van der Waals surface area contributed by atoms with Crippen molar-refractivity contribution in [2.75, 3.05) is 0 Å². The number of hydrogen-bond donors (Lipinski definition) is 0. The van der Waals surface area contributed by atoms with Gasteiger partial charge in [0.05, 0.1) is 11.0 Å². The molecule has 2 nitrogen and oxygen atoms in total. The Bertz CT molecular complexity index is 635. The molecule has 0 saturated carbocycles. The lowest BCUT2D eigenvalue weighted by Gasteiger charge is -2.10. The summed E-state index contributed by atoms with van der Waals surface area (Å²) in [5, 5.41) is 1.09. The Hall–Kier alpha value is -0.290. The fraction of sp³-hybridized carbons (Fsp3) is 0.0833. The number of halogens is 4. The molecule has 94 valence electrons. The molecule has 0 saturated heterocycles. The Morgan fingerprint density at radius 1 is 1.17 bits per heavy atom. The summed E-state index contributed by atoms with van der Waals surface area (Å²) in [5.74, 6) is 0. The van der Waals surface area contributed by atoms with Crippen molar-refractivity contribution in [3.63, 3.8) is 0 Å². The summed E-state index contributed by atoms with van der Waals surface area (Å²) in [5.41, 5.74) is 0.599. The molecule has 0 unspecified atom stereocenters. The number of nitrogens with zero attached hydrogens (tertiary/aromatic N) is 1. The van der Waals surface area contributed by atoms with E-state index in [0.29, 0.717) is 21.1 Å². The highest BCUT2D eigenvalue weighted by Crippen LogP contribution is 2.25. The highest BCUT2D eigenvalue weighted by Gasteiger charge is 2.09. The molecular weight excluding hydrogens is 405 g/mol. The van der Waals surface area contributed by atoms with Gasteiger partial charge in [0.1, 0.15) is 0 Å². The second-order valence-corrected chi connectivity index (χ2v) is 6.22. The molecule has 0 bridgehead atoms. The Morgan fingerprint density at radius 2 is 1.78 bits per heavy atom. The van der Waals surface area contributed by atoms with Crippen LogP contribution in [0.25, 0.3) is 0 Å². The van der Waals surface area contributed by atoms with Gasteiger partial charge in [-0.05, 0) is 50.1 Å². The first kappa shape index (κ1) is 14.1. The molecular formula is C12H7Br2Cl2NO. The van der Waals surface area contributed by atoms with E-state index in [2.05, 4.69) is 31.9 Å². The average molecular weight is 412 g/mol. The van der Waals surface area contributed by atoms with Crippen LogP contribution in [0, 0.1) is 0 Å². The first-order valence-corrected chi connectivity index (χ1v) is 7.31. The van der Waals surface area contributed by atoms with Gasteiger partial charge in [0.15, 0.2) is 0 Å². The first-order valence-electron chi connectivity index (χ1n) is 4.97. The quantitative estimate of drug-likeness (QED) is 0.700. The van der Waals surface area contributed by atoms with E-state index in [1.165, 1.54) is 0 Å². The molecule has 0 atom stereocenters. The number of benzene rings is 1. The highest BCUT2D eigenvalue weighted by molar-refractivity contribution is 9.11. The first-order chi connectivity index (χ1) is 8.49. The molecule has 0 N–H and O–H groups in total. The Balaban J connectivity index is 2.50. The topological polar surface area (TPSA) is 22.0 Å². The van der Waals surface area contributed by atoms with Crippen LogP contribution in [-0.4, -0.2) is 4.57 Å². The third-order valence-electron chi connectivity index (χ3n) is 2.40. The fourth-order valence-electron chi connectivity index (χ4n) is 1.54. The van der Waals surface area contributed by atoms with E-state index < -0.39 is 0 Å². The highest BCUT2D eigenvalue weighted by atomic mass is 79.9. The third kappa shape index (κ3) is 2.99. The van der Waals surface area contributed by atoms with Gasteiger partial charge in [0.25, 0.3) is 5.56 Å². The van der Waals surface area contributed by atoms with Gasteiger partial charge in [-0.3, -0.25) is 4.79 Å². The maximum absolute atomic E-state index is 12.0. The molecule has 1 aromatic carbocycles. The summed E-state index contributed by atoms with van der Waals surface area (Å²) in [6, 6.07) is 6.97. The molecule has 0 aliphatic heterocycles. The SMILES string of the molecule is O=c1c(Br)cc(Br)cn1Cc1c(Cl)cccc1Cl. The average Bonchev–Trinajstić information content (AvgIpc) is 2.30. The lowest BCUT2D eigenvalue weighted by Crippen LogP contribution is -2.21. The molecule has 0 fully saturated rings. The summed E-state index contributed by atoms with van der Waals surface area (Å²) in [7, 11) is 0. The van der Waals surface area contributed by atoms with Crippen molar-refractivity contribution in [1.82, 2.24) is 4.57 Å². The van der Waals surface area contributed by atoms with Crippen molar-refractivity contribution < 1.29 is 0 Å². The van der Waals surface area contributed by atoms with Crippen molar-refractivity contribution in [1.29, 1.82) is 0 Å². The zero-order chi connectivity index (χ0) is 13.3. The summed E-state index contributed by atoms with van der Waals surface area (Å²) in [4.78, 5) is 12.0. The van der Waals surface area contributed by atoms with Crippen molar-refractivity contribution in [3.05, 3.63) is 65.4 Å².